The molecule has 2 aromatic carbocycles. The molecule has 0 atom stereocenters. The van der Waals surface area contributed by atoms with Crippen LogP contribution < -0.4 is 34.9 Å². The van der Waals surface area contributed by atoms with Crippen LogP contribution in [0.4, 0.5) is 49.6 Å². The van der Waals surface area contributed by atoms with Crippen molar-refractivity contribution >= 4 is 23.3 Å². The molecule has 4 saturated heterocycles. The average molecular weight is 1150 g/mol. The van der Waals surface area contributed by atoms with Crippen LogP contribution >= 0.6 is 0 Å². The van der Waals surface area contributed by atoms with E-state index in [2.05, 4.69) is 64.1 Å². The van der Waals surface area contributed by atoms with Crippen molar-refractivity contribution in [1.29, 1.82) is 10.5 Å². The summed E-state index contributed by atoms with van der Waals surface area (Å²) >= 11 is 0. The summed E-state index contributed by atoms with van der Waals surface area (Å²) in [6.45, 7) is 5.61. The topological polar surface area (TPSA) is 220 Å². The van der Waals surface area contributed by atoms with Crippen molar-refractivity contribution in [2.24, 2.45) is 0 Å². The van der Waals surface area contributed by atoms with Crippen LogP contribution in [0.5, 0.6) is 23.3 Å². The van der Waals surface area contributed by atoms with Crippen LogP contribution in [0.1, 0.15) is 98.8 Å². The lowest BCUT2D eigenvalue weighted by Gasteiger charge is -2.32. The normalized spacial score (nSPS) is 16.6. The van der Waals surface area contributed by atoms with Gasteiger partial charge in [-0.3, -0.25) is 4.90 Å². The molecule has 3 N–H and O–H groups in total. The fourth-order valence-electron chi connectivity index (χ4n) is 9.91. The molecule has 0 bridgehead atoms. The van der Waals surface area contributed by atoms with E-state index in [1.165, 1.54) is 24.7 Å². The number of piperidine rings is 2. The van der Waals surface area contributed by atoms with Gasteiger partial charge in [0.15, 0.2) is 0 Å². The largest absolute Gasteiger partial charge is 0.489 e. The minimum absolute atomic E-state index is 0.0228. The Hall–Kier alpha value is -7.90. The minimum Gasteiger partial charge on any atom is -0.489 e. The number of methoxy groups -OCH3 is 2. The van der Waals surface area contributed by atoms with Crippen molar-refractivity contribution in [2.45, 2.75) is 101 Å². The molecule has 0 amide bonds. The second-order valence-corrected chi connectivity index (χ2v) is 20.1. The molecule has 4 aliphatic heterocycles. The van der Waals surface area contributed by atoms with Crippen molar-refractivity contribution in [3.05, 3.63) is 108 Å². The number of benzene rings is 2. The number of nitrogens with one attached hydrogen (secondary N) is 3. The summed E-state index contributed by atoms with van der Waals surface area (Å²) < 4.78 is 105. The number of anilines is 4. The molecular weight excluding hydrogens is 1090 g/mol. The number of rotatable bonds is 15. The van der Waals surface area contributed by atoms with Crippen molar-refractivity contribution in [2.75, 3.05) is 84.0 Å². The zero-order chi connectivity index (χ0) is 58.8. The highest BCUT2D eigenvalue weighted by Crippen LogP contribution is 2.37. The van der Waals surface area contributed by atoms with E-state index in [4.69, 9.17) is 28.4 Å². The Morgan fingerprint density at radius 1 is 0.578 bits per heavy atom. The number of halogens is 6. The molecule has 4 aliphatic rings. The highest BCUT2D eigenvalue weighted by Gasteiger charge is 2.34. The van der Waals surface area contributed by atoms with E-state index < -0.39 is 25.3 Å². The quantitative estimate of drug-likeness (QED) is 0.0814. The first-order valence-electron chi connectivity index (χ1n) is 27.5. The number of likely N-dealkylation sites (tertiary alicyclic amines) is 1. The van der Waals surface area contributed by atoms with Gasteiger partial charge in [-0.05, 0) is 124 Å². The lowest BCUT2D eigenvalue weighted by atomic mass is 9.90. The van der Waals surface area contributed by atoms with Gasteiger partial charge in [-0.15, -0.1) is 0 Å². The van der Waals surface area contributed by atoms with Crippen molar-refractivity contribution < 1.29 is 54.8 Å². The molecular formula is C59H66F6N12O6. The van der Waals surface area contributed by atoms with E-state index in [0.29, 0.717) is 127 Å². The molecule has 0 saturated carbocycles. The van der Waals surface area contributed by atoms with Gasteiger partial charge >= 0.3 is 12.4 Å². The van der Waals surface area contributed by atoms with E-state index in [1.54, 1.807) is 37.4 Å². The van der Waals surface area contributed by atoms with Crippen molar-refractivity contribution in [3.63, 3.8) is 0 Å². The van der Waals surface area contributed by atoms with E-state index >= 15 is 0 Å². The maximum Gasteiger partial charge on any atom is 0.401 e. The lowest BCUT2D eigenvalue weighted by Crippen LogP contribution is -2.39. The van der Waals surface area contributed by atoms with Gasteiger partial charge in [-0.2, -0.15) is 46.8 Å². The molecule has 0 spiro atoms. The standard InChI is InChI=1S/C29H31F3N6O3.C27H30N6O3.C3H5F3/c1-39-28-23(19-6-10-38(11-7-19)17-29(30,31)32)3-5-26(37-28)36-27-15-24(34-18-35-27)20-2-4-25(21(14-20)16-33)41-22-8-12-40-13-9-22;1-34-27-22(18-6-10-29-11-7-18)3-5-25(33-27)32-26-15-23(30-17-31-26)19-2-4-24(20(14-19)16-28)36-21-8-12-35-13-9-21;1-2-3(4,5)6/h2-5,14-15,18-19,22H,6-13,17H2,1H3,(H,34,35,36,37);2-5,14-15,17-18,21,29H,6-13H2,1H3,(H,30,31,32,33);2H2,1H3. The van der Waals surface area contributed by atoms with Gasteiger partial charge in [0.2, 0.25) is 11.8 Å². The van der Waals surface area contributed by atoms with Crippen LogP contribution in [0.2, 0.25) is 0 Å². The first kappa shape index (κ1) is 61.2. The third-order valence-electron chi connectivity index (χ3n) is 14.3. The van der Waals surface area contributed by atoms with E-state index in [-0.39, 0.29) is 18.1 Å². The summed E-state index contributed by atoms with van der Waals surface area (Å²) in [7, 11) is 3.18. The van der Waals surface area contributed by atoms with E-state index in [9.17, 15) is 36.9 Å². The second kappa shape index (κ2) is 29.4. The maximum atomic E-state index is 12.7. The molecule has 0 aliphatic carbocycles. The van der Waals surface area contributed by atoms with Crippen LogP contribution in [-0.2, 0) is 9.47 Å². The summed E-state index contributed by atoms with van der Waals surface area (Å²) in [5.41, 5.74) is 5.78. The second-order valence-electron chi connectivity index (χ2n) is 20.1. The minimum atomic E-state index is -4.19. The summed E-state index contributed by atoms with van der Waals surface area (Å²) in [5, 5.41) is 29.3. The molecule has 18 nitrogen and oxygen atoms in total. The zero-order valence-corrected chi connectivity index (χ0v) is 46.4. The maximum absolute atomic E-state index is 12.7. The molecule has 83 heavy (non-hydrogen) atoms. The van der Waals surface area contributed by atoms with Crippen molar-refractivity contribution in [1.82, 2.24) is 40.1 Å². The number of aromatic nitrogens is 6. The molecule has 6 aromatic rings. The molecule has 8 heterocycles. The molecule has 4 aromatic heterocycles. The van der Waals surface area contributed by atoms with Crippen LogP contribution in [0, 0.1) is 22.7 Å². The zero-order valence-electron chi connectivity index (χ0n) is 46.4. The summed E-state index contributed by atoms with van der Waals surface area (Å²) in [6.07, 6.45) is 0.694. The van der Waals surface area contributed by atoms with E-state index in [1.807, 2.05) is 36.4 Å². The molecule has 24 heteroatoms. The van der Waals surface area contributed by atoms with Crippen LogP contribution in [0.15, 0.2) is 85.5 Å². The summed E-state index contributed by atoms with van der Waals surface area (Å²) in [4.78, 5) is 28.1. The number of alkyl halides is 6. The summed E-state index contributed by atoms with van der Waals surface area (Å²) in [6, 6.07) is 26.8. The van der Waals surface area contributed by atoms with Crippen LogP contribution in [-0.4, -0.2) is 133 Å². The predicted octanol–water partition coefficient (Wildman–Crippen LogP) is 11.6. The van der Waals surface area contributed by atoms with Crippen LogP contribution in [0.3, 0.4) is 0 Å². The smallest absolute Gasteiger partial charge is 0.401 e. The molecule has 0 radical (unpaired) electrons. The number of nitrogens with zero attached hydrogens (tertiary/aromatic N) is 9. The Bertz CT molecular complexity index is 3150. The van der Waals surface area contributed by atoms with Gasteiger partial charge in [0, 0.05) is 66.5 Å². The Kier molecular flexibility index (Phi) is 21.7. The van der Waals surface area contributed by atoms with E-state index in [0.717, 1.165) is 80.8 Å². The lowest BCUT2D eigenvalue weighted by molar-refractivity contribution is -0.148. The SMILES string of the molecule is CCC(F)(F)F.COc1nc(Nc2cc(-c3ccc(OC4CCOCC4)c(C#N)c3)ncn2)ccc1C1CCN(CC(F)(F)F)CC1.COc1nc(Nc2cc(-c3ccc(OC4CCOCC4)c(C#N)c3)ncn2)ccc1C1CCNCC1. The average Bonchev–Trinajstić information content (AvgIpc) is 3.61. The van der Waals surface area contributed by atoms with Gasteiger partial charge in [0.25, 0.3) is 0 Å². The third kappa shape index (κ3) is 18.0. The summed E-state index contributed by atoms with van der Waals surface area (Å²) in [5.74, 6) is 4.95. The van der Waals surface area contributed by atoms with Gasteiger partial charge in [-0.1, -0.05) is 6.92 Å². The number of hydrogen-bond donors (Lipinski definition) is 3. The number of ether oxygens (including phenoxy) is 6. The van der Waals surface area contributed by atoms with Crippen molar-refractivity contribution in [3.8, 4) is 57.9 Å². The van der Waals surface area contributed by atoms with Gasteiger partial charge in [0.05, 0.1) is 69.7 Å². The third-order valence-corrected chi connectivity index (χ3v) is 14.3. The first-order valence-corrected chi connectivity index (χ1v) is 27.5. The Balaban J connectivity index is 0.000000199. The van der Waals surface area contributed by atoms with Crippen LogP contribution in [0.25, 0.3) is 22.5 Å². The fraction of sp³-hybridized carbons (Fsp3) is 0.458. The highest BCUT2D eigenvalue weighted by molar-refractivity contribution is 5.69. The molecule has 4 fully saturated rings. The number of pyridine rings is 2. The van der Waals surface area contributed by atoms with Gasteiger partial charge in [-0.25, -0.2) is 19.9 Å². The number of nitriles is 2. The first-order chi connectivity index (χ1) is 40.1. The fourth-order valence-corrected chi connectivity index (χ4v) is 9.91. The Morgan fingerprint density at radius 3 is 1.41 bits per heavy atom. The number of hydrogen-bond acceptors (Lipinski definition) is 18. The Morgan fingerprint density at radius 2 is 1.01 bits per heavy atom. The molecule has 10 rings (SSSR count). The molecule has 440 valence electrons. The monoisotopic (exact) mass is 1150 g/mol. The Labute approximate surface area is 477 Å². The van der Waals surface area contributed by atoms with Gasteiger partial charge in [0.1, 0.15) is 71.8 Å². The predicted molar refractivity (Wildman–Crippen MR) is 297 cm³/mol. The van der Waals surface area contributed by atoms with Gasteiger partial charge < -0.3 is 44.4 Å². The molecule has 0 unspecified atom stereocenters. The highest BCUT2D eigenvalue weighted by atomic mass is 19.4.